The minimum atomic E-state index is 0.489. The van der Waals surface area contributed by atoms with E-state index in [4.69, 9.17) is 14.0 Å². The highest BCUT2D eigenvalue weighted by Gasteiger charge is 2.14. The number of benzene rings is 1. The van der Waals surface area contributed by atoms with Crippen LogP contribution >= 0.6 is 0 Å². The first-order valence-corrected chi connectivity index (χ1v) is 10.7. The number of ether oxygens (including phenoxy) is 2. The summed E-state index contributed by atoms with van der Waals surface area (Å²) in [5.74, 6) is 2.63. The van der Waals surface area contributed by atoms with E-state index in [-0.39, 0.29) is 0 Å². The lowest BCUT2D eigenvalue weighted by Gasteiger charge is -2.16. The van der Waals surface area contributed by atoms with Crippen LogP contribution in [0.1, 0.15) is 30.7 Å². The monoisotopic (exact) mass is 423 g/mol. The third-order valence-corrected chi connectivity index (χ3v) is 5.44. The highest BCUT2D eigenvalue weighted by Crippen LogP contribution is 2.32. The number of nitrogens with zero attached hydrogens (tertiary/aromatic N) is 4. The molecule has 3 aromatic rings. The van der Waals surface area contributed by atoms with Crippen LogP contribution < -0.4 is 14.8 Å². The number of methoxy groups -OCH3 is 1. The molecule has 0 radical (unpaired) electrons. The summed E-state index contributed by atoms with van der Waals surface area (Å²) >= 11 is 0. The van der Waals surface area contributed by atoms with Crippen molar-refractivity contribution < 1.29 is 14.0 Å². The Morgan fingerprint density at radius 3 is 2.71 bits per heavy atom. The summed E-state index contributed by atoms with van der Waals surface area (Å²) in [6.45, 7) is 7.90. The quantitative estimate of drug-likeness (QED) is 0.508. The molecule has 2 aromatic heterocycles. The van der Waals surface area contributed by atoms with Crippen molar-refractivity contribution in [2.45, 2.75) is 33.1 Å². The van der Waals surface area contributed by atoms with Crippen LogP contribution in [-0.2, 0) is 0 Å². The molecule has 3 heterocycles. The van der Waals surface area contributed by atoms with Crippen LogP contribution in [0.2, 0.25) is 0 Å². The van der Waals surface area contributed by atoms with E-state index in [1.807, 2.05) is 38.1 Å². The fourth-order valence-corrected chi connectivity index (χ4v) is 3.88. The lowest BCUT2D eigenvalue weighted by atomic mass is 10.1. The Morgan fingerprint density at radius 2 is 1.97 bits per heavy atom. The smallest absolute Gasteiger partial charge is 0.227 e. The predicted molar refractivity (Wildman–Crippen MR) is 119 cm³/mol. The van der Waals surface area contributed by atoms with E-state index in [0.29, 0.717) is 24.1 Å². The first-order valence-electron chi connectivity index (χ1n) is 10.7. The zero-order valence-electron chi connectivity index (χ0n) is 18.4. The maximum absolute atomic E-state index is 6.03. The van der Waals surface area contributed by atoms with E-state index in [0.717, 1.165) is 41.4 Å². The number of hydrogen-bond donors (Lipinski definition) is 1. The van der Waals surface area contributed by atoms with Crippen molar-refractivity contribution in [3.63, 3.8) is 0 Å². The van der Waals surface area contributed by atoms with Gasteiger partial charge < -0.3 is 24.2 Å². The Kier molecular flexibility index (Phi) is 6.66. The molecule has 1 aromatic carbocycles. The summed E-state index contributed by atoms with van der Waals surface area (Å²) in [4.78, 5) is 11.5. The number of anilines is 2. The van der Waals surface area contributed by atoms with Gasteiger partial charge in [-0.25, -0.2) is 9.97 Å². The molecule has 8 nitrogen and oxygen atoms in total. The van der Waals surface area contributed by atoms with Crippen LogP contribution in [0.5, 0.6) is 11.5 Å². The molecule has 0 unspecified atom stereocenters. The molecule has 1 N–H and O–H groups in total. The Morgan fingerprint density at radius 1 is 1.13 bits per heavy atom. The minimum absolute atomic E-state index is 0.489. The van der Waals surface area contributed by atoms with Gasteiger partial charge in [0.15, 0.2) is 11.5 Å². The molecule has 0 saturated carbocycles. The van der Waals surface area contributed by atoms with Crippen molar-refractivity contribution in [2.24, 2.45) is 0 Å². The van der Waals surface area contributed by atoms with Crippen LogP contribution in [0.15, 0.2) is 35.0 Å². The maximum atomic E-state index is 6.03. The third-order valence-electron chi connectivity index (χ3n) is 5.44. The van der Waals surface area contributed by atoms with E-state index < -0.39 is 0 Å². The molecule has 0 aliphatic carbocycles. The zero-order chi connectivity index (χ0) is 21.6. The molecule has 8 heteroatoms. The van der Waals surface area contributed by atoms with Gasteiger partial charge in [-0.15, -0.1) is 0 Å². The molecular formula is C23H29N5O3. The molecule has 0 atom stereocenters. The second-order valence-corrected chi connectivity index (χ2v) is 7.71. The van der Waals surface area contributed by atoms with Crippen LogP contribution in [0, 0.1) is 13.8 Å². The summed E-state index contributed by atoms with van der Waals surface area (Å²) in [5.41, 5.74) is 3.28. The van der Waals surface area contributed by atoms with Crippen molar-refractivity contribution in [1.82, 2.24) is 20.0 Å². The molecule has 0 amide bonds. The van der Waals surface area contributed by atoms with E-state index in [9.17, 15) is 0 Å². The number of aryl methyl sites for hydroxylation is 2. The maximum Gasteiger partial charge on any atom is 0.227 e. The van der Waals surface area contributed by atoms with Crippen molar-refractivity contribution in [1.29, 1.82) is 0 Å². The van der Waals surface area contributed by atoms with Gasteiger partial charge in [-0.05, 0) is 64.4 Å². The number of rotatable bonds is 9. The average Bonchev–Trinajstić information content (AvgIpc) is 3.41. The number of likely N-dealkylation sites (tertiary alicyclic amines) is 1. The van der Waals surface area contributed by atoms with E-state index in [1.165, 1.54) is 25.9 Å². The predicted octanol–water partition coefficient (Wildman–Crippen LogP) is 4.37. The van der Waals surface area contributed by atoms with Crippen molar-refractivity contribution >= 4 is 11.6 Å². The van der Waals surface area contributed by atoms with Gasteiger partial charge >= 0.3 is 0 Å². The molecule has 0 bridgehead atoms. The minimum Gasteiger partial charge on any atom is -0.493 e. The molecule has 1 saturated heterocycles. The average molecular weight is 424 g/mol. The molecule has 31 heavy (non-hydrogen) atoms. The molecule has 0 spiro atoms. The Bertz CT molecular complexity index is 995. The number of aromatic nitrogens is 3. The highest BCUT2D eigenvalue weighted by atomic mass is 16.5. The van der Waals surface area contributed by atoms with Gasteiger partial charge in [0.25, 0.3) is 0 Å². The van der Waals surface area contributed by atoms with Gasteiger partial charge in [0.05, 0.1) is 30.7 Å². The second-order valence-electron chi connectivity index (χ2n) is 7.71. The first kappa shape index (κ1) is 21.1. The third kappa shape index (κ3) is 5.14. The van der Waals surface area contributed by atoms with E-state index in [2.05, 4.69) is 25.3 Å². The first-order chi connectivity index (χ1) is 15.1. The van der Waals surface area contributed by atoms with Crippen LogP contribution in [0.4, 0.5) is 11.6 Å². The topological polar surface area (TPSA) is 85.5 Å². The fraction of sp³-hybridized carbons (Fsp3) is 0.435. The van der Waals surface area contributed by atoms with Gasteiger partial charge in [-0.2, -0.15) is 0 Å². The molecular weight excluding hydrogens is 394 g/mol. The van der Waals surface area contributed by atoms with E-state index >= 15 is 0 Å². The van der Waals surface area contributed by atoms with Crippen LogP contribution in [-0.4, -0.2) is 53.4 Å². The lowest BCUT2D eigenvalue weighted by Crippen LogP contribution is -2.21. The van der Waals surface area contributed by atoms with Crippen molar-refractivity contribution in [2.75, 3.05) is 38.7 Å². The summed E-state index contributed by atoms with van der Waals surface area (Å²) in [7, 11) is 1.65. The molecule has 1 fully saturated rings. The van der Waals surface area contributed by atoms with Gasteiger partial charge in [0.1, 0.15) is 5.76 Å². The summed E-state index contributed by atoms with van der Waals surface area (Å²) in [5, 5.41) is 7.26. The summed E-state index contributed by atoms with van der Waals surface area (Å²) in [6.07, 6.45) is 5.32. The molecule has 1 aliphatic rings. The summed E-state index contributed by atoms with van der Waals surface area (Å²) < 4.78 is 16.8. The highest BCUT2D eigenvalue weighted by molar-refractivity contribution is 5.66. The van der Waals surface area contributed by atoms with Crippen LogP contribution in [0.25, 0.3) is 11.3 Å². The standard InChI is InChI=1S/C23H29N5O3/c1-16-22(17(2)31-27-16)19-9-10-24-23(26-19)25-18-7-8-20(29-3)21(15-18)30-14-6-13-28-11-4-5-12-28/h7-10,15H,4-6,11-14H2,1-3H3,(H,24,25,26). The fourth-order valence-electron chi connectivity index (χ4n) is 3.88. The lowest BCUT2D eigenvalue weighted by molar-refractivity contribution is 0.254. The number of nitrogens with one attached hydrogen (secondary N) is 1. The Hall–Kier alpha value is -3.13. The van der Waals surface area contributed by atoms with Crippen molar-refractivity contribution in [3.05, 3.63) is 41.9 Å². The van der Waals surface area contributed by atoms with Crippen molar-refractivity contribution in [3.8, 4) is 22.8 Å². The zero-order valence-corrected chi connectivity index (χ0v) is 18.4. The Labute approximate surface area is 182 Å². The molecule has 1 aliphatic heterocycles. The molecule has 4 rings (SSSR count). The van der Waals surface area contributed by atoms with Gasteiger partial charge in [0, 0.05) is 24.5 Å². The second kappa shape index (κ2) is 9.78. The van der Waals surface area contributed by atoms with Gasteiger partial charge in [0.2, 0.25) is 5.95 Å². The SMILES string of the molecule is COc1ccc(Nc2nccc(-c3c(C)noc3C)n2)cc1OCCCN1CCCC1. The number of hydrogen-bond acceptors (Lipinski definition) is 8. The van der Waals surface area contributed by atoms with Gasteiger partial charge in [-0.1, -0.05) is 5.16 Å². The largest absolute Gasteiger partial charge is 0.493 e. The van der Waals surface area contributed by atoms with E-state index in [1.54, 1.807) is 13.3 Å². The molecule has 164 valence electrons. The summed E-state index contributed by atoms with van der Waals surface area (Å²) in [6, 6.07) is 7.57. The Balaban J connectivity index is 1.43. The normalized spacial score (nSPS) is 14.0. The van der Waals surface area contributed by atoms with Gasteiger partial charge in [-0.3, -0.25) is 0 Å². The van der Waals surface area contributed by atoms with Crippen LogP contribution in [0.3, 0.4) is 0 Å².